The fraction of sp³-hybridized carbons (Fsp3) is 0. The van der Waals surface area contributed by atoms with Crippen LogP contribution in [0.1, 0.15) is 0 Å². The van der Waals surface area contributed by atoms with Crippen LogP contribution in [0, 0.1) is 0 Å². The number of nitrogens with two attached hydrogens (primary N) is 1. The molecule has 0 bridgehead atoms. The van der Waals surface area contributed by atoms with Crippen LogP contribution < -0.4 is 10.5 Å². The van der Waals surface area contributed by atoms with E-state index in [1.807, 2.05) is 0 Å². The van der Waals surface area contributed by atoms with Crippen LogP contribution in [0.4, 0.5) is 11.4 Å². The first kappa shape index (κ1) is 16.7. The van der Waals surface area contributed by atoms with Gasteiger partial charge in [0.15, 0.2) is 0 Å². The Balaban J connectivity index is 2.51. The van der Waals surface area contributed by atoms with Crippen LogP contribution in [0.2, 0.25) is 15.1 Å². The highest BCUT2D eigenvalue weighted by molar-refractivity contribution is 9.10. The second-order valence-electron chi connectivity index (χ2n) is 4.04. The van der Waals surface area contributed by atoms with E-state index in [4.69, 9.17) is 40.5 Å². The molecule has 0 aliphatic heterocycles. The smallest absolute Gasteiger partial charge is 0.264 e. The average Bonchev–Trinajstić information content (AvgIpc) is 2.31. The second kappa shape index (κ2) is 6.22. The molecule has 3 N–H and O–H groups in total. The highest BCUT2D eigenvalue weighted by Crippen LogP contribution is 2.34. The fourth-order valence-electron chi connectivity index (χ4n) is 1.61. The van der Waals surface area contributed by atoms with Gasteiger partial charge in [-0.3, -0.25) is 4.72 Å². The van der Waals surface area contributed by atoms with Crippen molar-refractivity contribution >= 4 is 72.1 Å². The summed E-state index contributed by atoms with van der Waals surface area (Å²) in [5.74, 6) is 0. The lowest BCUT2D eigenvalue weighted by molar-refractivity contribution is 0.601. The monoisotopic (exact) mass is 428 g/mol. The first-order valence-electron chi connectivity index (χ1n) is 5.43. The first-order chi connectivity index (χ1) is 9.70. The number of benzene rings is 2. The maximum absolute atomic E-state index is 12.4. The van der Waals surface area contributed by atoms with Crippen LogP contribution in [0.5, 0.6) is 0 Å². The molecule has 2 rings (SSSR count). The minimum atomic E-state index is -3.99. The molecule has 21 heavy (non-hydrogen) atoms. The molecule has 0 aromatic heterocycles. The molecule has 0 saturated heterocycles. The highest BCUT2D eigenvalue weighted by atomic mass is 79.9. The predicted molar refractivity (Wildman–Crippen MR) is 90.8 cm³/mol. The zero-order valence-corrected chi connectivity index (χ0v) is 14.9. The molecule has 0 saturated carbocycles. The molecule has 0 radical (unpaired) electrons. The fourth-order valence-corrected chi connectivity index (χ4v) is 4.56. The SMILES string of the molecule is Nc1cc(Cl)c(S(=O)(=O)Nc2cc(Cl)ccc2Br)c(Cl)c1. The van der Waals surface area contributed by atoms with Gasteiger partial charge in [-0.05, 0) is 46.3 Å². The Bertz CT molecular complexity index is 789. The van der Waals surface area contributed by atoms with Crippen molar-refractivity contribution in [1.29, 1.82) is 0 Å². The molecule has 0 spiro atoms. The Morgan fingerprint density at radius 2 is 1.62 bits per heavy atom. The molecule has 112 valence electrons. The highest BCUT2D eigenvalue weighted by Gasteiger charge is 2.23. The minimum absolute atomic E-state index is 0.0642. The second-order valence-corrected chi connectivity index (χ2v) is 7.77. The van der Waals surface area contributed by atoms with Crippen molar-refractivity contribution in [3.05, 3.63) is 49.9 Å². The zero-order valence-electron chi connectivity index (χ0n) is 10.2. The number of halogens is 4. The van der Waals surface area contributed by atoms with Gasteiger partial charge in [-0.25, -0.2) is 8.42 Å². The third kappa shape index (κ3) is 3.76. The normalized spacial score (nSPS) is 11.4. The lowest BCUT2D eigenvalue weighted by atomic mass is 10.3. The molecule has 4 nitrogen and oxygen atoms in total. The van der Waals surface area contributed by atoms with Gasteiger partial charge in [0.2, 0.25) is 0 Å². The van der Waals surface area contributed by atoms with E-state index in [1.54, 1.807) is 12.1 Å². The van der Waals surface area contributed by atoms with Crippen molar-refractivity contribution < 1.29 is 8.42 Å². The average molecular weight is 431 g/mol. The quantitative estimate of drug-likeness (QED) is 0.688. The summed E-state index contributed by atoms with van der Waals surface area (Å²) in [6, 6.07) is 7.32. The van der Waals surface area contributed by atoms with Crippen LogP contribution in [0.3, 0.4) is 0 Å². The van der Waals surface area contributed by atoms with Crippen molar-refractivity contribution in [2.75, 3.05) is 10.5 Å². The molecule has 0 unspecified atom stereocenters. The molecule has 2 aromatic carbocycles. The molecule has 0 heterocycles. The van der Waals surface area contributed by atoms with Gasteiger partial charge in [-0.2, -0.15) is 0 Å². The van der Waals surface area contributed by atoms with Gasteiger partial charge in [0.05, 0.1) is 15.7 Å². The Morgan fingerprint density at radius 3 is 2.19 bits per heavy atom. The molecule has 0 atom stereocenters. The molecular formula is C12H8BrCl3N2O2S. The van der Waals surface area contributed by atoms with Gasteiger partial charge in [0, 0.05) is 15.2 Å². The van der Waals surface area contributed by atoms with Gasteiger partial charge in [0.1, 0.15) is 4.90 Å². The minimum Gasteiger partial charge on any atom is -0.399 e. The lowest BCUT2D eigenvalue weighted by Gasteiger charge is -2.13. The first-order valence-corrected chi connectivity index (χ1v) is 8.84. The number of nitrogens with one attached hydrogen (secondary N) is 1. The summed E-state index contributed by atoms with van der Waals surface area (Å²) in [5.41, 5.74) is 6.10. The lowest BCUT2D eigenvalue weighted by Crippen LogP contribution is -2.14. The van der Waals surface area contributed by atoms with Crippen molar-refractivity contribution in [3.8, 4) is 0 Å². The van der Waals surface area contributed by atoms with E-state index in [0.717, 1.165) is 0 Å². The number of rotatable bonds is 3. The maximum Gasteiger partial charge on any atom is 0.264 e. The maximum atomic E-state index is 12.4. The zero-order chi connectivity index (χ0) is 15.8. The summed E-state index contributed by atoms with van der Waals surface area (Å²) in [6.45, 7) is 0. The molecule has 0 fully saturated rings. The van der Waals surface area contributed by atoms with E-state index in [0.29, 0.717) is 9.50 Å². The summed E-state index contributed by atoms with van der Waals surface area (Å²) >= 11 is 21.0. The summed E-state index contributed by atoms with van der Waals surface area (Å²) in [7, 11) is -3.99. The number of hydrogen-bond acceptors (Lipinski definition) is 3. The van der Waals surface area contributed by atoms with E-state index in [1.165, 1.54) is 18.2 Å². The summed E-state index contributed by atoms with van der Waals surface area (Å²) in [5, 5.41) is 0.252. The third-order valence-corrected chi connectivity index (χ3v) is 5.67. The van der Waals surface area contributed by atoms with Gasteiger partial charge in [0.25, 0.3) is 10.0 Å². The van der Waals surface area contributed by atoms with E-state index in [9.17, 15) is 8.42 Å². The summed E-state index contributed by atoms with van der Waals surface area (Å²) in [4.78, 5) is -0.244. The van der Waals surface area contributed by atoms with Crippen molar-refractivity contribution in [2.45, 2.75) is 4.90 Å². The van der Waals surface area contributed by atoms with Crippen LogP contribution >= 0.6 is 50.7 Å². The van der Waals surface area contributed by atoms with Crippen LogP contribution in [-0.2, 0) is 10.0 Å². The predicted octanol–water partition coefficient (Wildman–Crippen LogP) is 4.79. The molecule has 9 heteroatoms. The van der Waals surface area contributed by atoms with Gasteiger partial charge >= 0.3 is 0 Å². The van der Waals surface area contributed by atoms with Crippen molar-refractivity contribution in [1.82, 2.24) is 0 Å². The molecule has 0 aliphatic rings. The Labute approximate surface area is 145 Å². The molecule has 2 aromatic rings. The van der Waals surface area contributed by atoms with Gasteiger partial charge in [-0.15, -0.1) is 0 Å². The molecule has 0 amide bonds. The third-order valence-electron chi connectivity index (χ3n) is 2.46. The molecular weight excluding hydrogens is 422 g/mol. The van der Waals surface area contributed by atoms with Crippen molar-refractivity contribution in [3.63, 3.8) is 0 Å². The summed E-state index contributed by atoms with van der Waals surface area (Å²) < 4.78 is 27.8. The largest absolute Gasteiger partial charge is 0.399 e. The Morgan fingerprint density at radius 1 is 1.05 bits per heavy atom. The van der Waals surface area contributed by atoms with E-state index in [-0.39, 0.29) is 26.3 Å². The Kier molecular flexibility index (Phi) is 4.95. The standard InChI is InChI=1S/C12H8BrCl3N2O2S/c13-8-2-1-6(14)3-11(8)18-21(19,20)12-9(15)4-7(17)5-10(12)16/h1-5,18H,17H2. The molecule has 0 aliphatic carbocycles. The number of hydrogen-bond donors (Lipinski definition) is 2. The van der Waals surface area contributed by atoms with Crippen molar-refractivity contribution in [2.24, 2.45) is 0 Å². The summed E-state index contributed by atoms with van der Waals surface area (Å²) in [6.07, 6.45) is 0. The Hall–Kier alpha value is -0.660. The van der Waals surface area contributed by atoms with Crippen LogP contribution in [0.25, 0.3) is 0 Å². The topological polar surface area (TPSA) is 72.2 Å². The van der Waals surface area contributed by atoms with Crippen LogP contribution in [0.15, 0.2) is 39.7 Å². The number of nitrogen functional groups attached to an aromatic ring is 1. The van der Waals surface area contributed by atoms with E-state index >= 15 is 0 Å². The van der Waals surface area contributed by atoms with Gasteiger partial charge < -0.3 is 5.73 Å². The number of anilines is 2. The van der Waals surface area contributed by atoms with Crippen LogP contribution in [-0.4, -0.2) is 8.42 Å². The van der Waals surface area contributed by atoms with E-state index in [2.05, 4.69) is 20.7 Å². The van der Waals surface area contributed by atoms with E-state index < -0.39 is 10.0 Å². The number of sulfonamides is 1. The van der Waals surface area contributed by atoms with Gasteiger partial charge in [-0.1, -0.05) is 34.8 Å².